The van der Waals surface area contributed by atoms with Gasteiger partial charge in [-0.05, 0) is 42.8 Å². The number of ether oxygens (including phenoxy) is 3. The summed E-state index contributed by atoms with van der Waals surface area (Å²) in [6.07, 6.45) is 0. The molecule has 6 nitrogen and oxygen atoms in total. The van der Waals surface area contributed by atoms with Gasteiger partial charge in [0.15, 0.2) is 11.5 Å². The Balaban J connectivity index is 1.34. The molecule has 0 unspecified atom stereocenters. The number of hydrogen-bond acceptors (Lipinski definition) is 6. The molecule has 29 heavy (non-hydrogen) atoms. The highest BCUT2D eigenvalue weighted by molar-refractivity contribution is 5.64. The molecule has 6 heteroatoms. The molecule has 0 bridgehead atoms. The van der Waals surface area contributed by atoms with Gasteiger partial charge in [0.2, 0.25) is 12.6 Å². The van der Waals surface area contributed by atoms with Crippen LogP contribution in [-0.4, -0.2) is 16.9 Å². The summed E-state index contributed by atoms with van der Waals surface area (Å²) in [5.41, 5.74) is 3.94. The summed E-state index contributed by atoms with van der Waals surface area (Å²) in [5, 5.41) is 4.11. The third-order valence-electron chi connectivity index (χ3n) is 4.63. The molecule has 0 saturated heterocycles. The van der Waals surface area contributed by atoms with Gasteiger partial charge in [-0.1, -0.05) is 47.1 Å². The molecule has 1 aliphatic heterocycles. The first-order chi connectivity index (χ1) is 14.2. The van der Waals surface area contributed by atoms with E-state index in [0.717, 1.165) is 22.4 Å². The van der Waals surface area contributed by atoms with Gasteiger partial charge in [0.1, 0.15) is 12.4 Å². The van der Waals surface area contributed by atoms with E-state index in [1.807, 2.05) is 54.6 Å². The van der Waals surface area contributed by atoms with Gasteiger partial charge in [-0.3, -0.25) is 0 Å². The van der Waals surface area contributed by atoms with E-state index in [-0.39, 0.29) is 6.79 Å². The Bertz CT molecular complexity index is 1170. The molecule has 1 aliphatic rings. The Morgan fingerprint density at radius 3 is 2.72 bits per heavy atom. The molecule has 0 N–H and O–H groups in total. The lowest BCUT2D eigenvalue weighted by Crippen LogP contribution is -1.96. The molecule has 0 amide bonds. The van der Waals surface area contributed by atoms with Crippen molar-refractivity contribution in [2.45, 2.75) is 13.5 Å². The van der Waals surface area contributed by atoms with Crippen molar-refractivity contribution in [2.75, 3.05) is 6.79 Å². The Kier molecular flexibility index (Phi) is 4.37. The number of hydrogen-bond donors (Lipinski definition) is 0. The van der Waals surface area contributed by atoms with Crippen LogP contribution < -0.4 is 14.2 Å². The van der Waals surface area contributed by atoms with Gasteiger partial charge >= 0.3 is 0 Å². The molecular weight excluding hydrogens is 368 g/mol. The van der Waals surface area contributed by atoms with Crippen LogP contribution in [0.15, 0.2) is 71.3 Å². The van der Waals surface area contributed by atoms with Crippen LogP contribution in [-0.2, 0) is 6.61 Å². The summed E-state index contributed by atoms with van der Waals surface area (Å²) in [4.78, 5) is 4.52. The molecule has 2 heterocycles. The maximum absolute atomic E-state index is 5.93. The predicted octanol–water partition coefficient (Wildman–Crippen LogP) is 5.02. The number of aryl methyl sites for hydroxylation is 1. The topological polar surface area (TPSA) is 66.6 Å². The van der Waals surface area contributed by atoms with E-state index in [2.05, 4.69) is 29.2 Å². The number of aromatic nitrogens is 2. The van der Waals surface area contributed by atoms with Crippen molar-refractivity contribution in [1.29, 1.82) is 0 Å². The predicted molar refractivity (Wildman–Crippen MR) is 107 cm³/mol. The fourth-order valence-electron chi connectivity index (χ4n) is 3.18. The summed E-state index contributed by atoms with van der Waals surface area (Å²) in [6.45, 7) is 2.79. The zero-order chi connectivity index (χ0) is 19.6. The number of benzene rings is 3. The second-order valence-corrected chi connectivity index (χ2v) is 6.80. The average molecular weight is 386 g/mol. The third kappa shape index (κ3) is 3.65. The highest BCUT2D eigenvalue weighted by Gasteiger charge is 2.17. The first-order valence-corrected chi connectivity index (χ1v) is 9.27. The van der Waals surface area contributed by atoms with Crippen molar-refractivity contribution in [3.8, 4) is 40.1 Å². The molecule has 0 radical (unpaired) electrons. The molecule has 0 saturated carbocycles. The minimum atomic E-state index is 0.225. The van der Waals surface area contributed by atoms with Crippen LogP contribution in [0.5, 0.6) is 17.2 Å². The Hall–Kier alpha value is -3.80. The number of fused-ring (bicyclic) bond motifs is 1. The third-order valence-corrected chi connectivity index (χ3v) is 4.63. The van der Waals surface area contributed by atoms with E-state index >= 15 is 0 Å². The maximum atomic E-state index is 5.93. The SMILES string of the molecule is Cc1cccc(COc2cccc(-c3noc(-c4ccc5c(c4)OCO5)n3)c2)c1. The highest BCUT2D eigenvalue weighted by atomic mass is 16.7. The average Bonchev–Trinajstić information content (AvgIpc) is 3.41. The molecular formula is C23H18N2O4. The van der Waals surface area contributed by atoms with Crippen molar-refractivity contribution < 1.29 is 18.7 Å². The quantitative estimate of drug-likeness (QED) is 0.480. The summed E-state index contributed by atoms with van der Waals surface area (Å²) in [6, 6.07) is 21.5. The lowest BCUT2D eigenvalue weighted by molar-refractivity contribution is 0.174. The van der Waals surface area contributed by atoms with Crippen molar-refractivity contribution >= 4 is 0 Å². The standard InChI is InChI=1S/C23H18N2O4/c1-15-4-2-5-16(10-15)13-26-19-7-3-6-17(11-19)22-24-23(29-25-22)18-8-9-20-21(12-18)28-14-27-20/h2-12H,13-14H2,1H3. The summed E-state index contributed by atoms with van der Waals surface area (Å²) in [5.74, 6) is 3.06. The molecule has 0 atom stereocenters. The van der Waals surface area contributed by atoms with Crippen LogP contribution in [0.1, 0.15) is 11.1 Å². The number of rotatable bonds is 5. The second kappa shape index (κ2) is 7.31. The molecule has 3 aromatic carbocycles. The zero-order valence-electron chi connectivity index (χ0n) is 15.8. The first kappa shape index (κ1) is 17.3. The van der Waals surface area contributed by atoms with Crippen LogP contribution in [0, 0.1) is 6.92 Å². The Morgan fingerprint density at radius 2 is 1.79 bits per heavy atom. The van der Waals surface area contributed by atoms with Crippen molar-refractivity contribution in [3.05, 3.63) is 77.9 Å². The first-order valence-electron chi connectivity index (χ1n) is 9.27. The van der Waals surface area contributed by atoms with Crippen LogP contribution >= 0.6 is 0 Å². The van der Waals surface area contributed by atoms with Gasteiger partial charge in [0, 0.05) is 11.1 Å². The van der Waals surface area contributed by atoms with E-state index in [0.29, 0.717) is 29.8 Å². The number of nitrogens with zero attached hydrogens (tertiary/aromatic N) is 2. The maximum Gasteiger partial charge on any atom is 0.258 e. The highest BCUT2D eigenvalue weighted by Crippen LogP contribution is 2.36. The van der Waals surface area contributed by atoms with Gasteiger partial charge < -0.3 is 18.7 Å². The lowest BCUT2D eigenvalue weighted by Gasteiger charge is -2.07. The molecule has 0 spiro atoms. The summed E-state index contributed by atoms with van der Waals surface area (Å²) >= 11 is 0. The Labute approximate surface area is 167 Å². The largest absolute Gasteiger partial charge is 0.489 e. The van der Waals surface area contributed by atoms with Crippen molar-refractivity contribution in [1.82, 2.24) is 10.1 Å². The van der Waals surface area contributed by atoms with E-state index in [1.165, 1.54) is 5.56 Å². The molecule has 0 fully saturated rings. The molecule has 4 aromatic rings. The van der Waals surface area contributed by atoms with Gasteiger partial charge in [-0.25, -0.2) is 0 Å². The van der Waals surface area contributed by atoms with E-state index in [9.17, 15) is 0 Å². The van der Waals surface area contributed by atoms with Gasteiger partial charge in [-0.15, -0.1) is 0 Å². The summed E-state index contributed by atoms with van der Waals surface area (Å²) < 4.78 is 22.1. The summed E-state index contributed by atoms with van der Waals surface area (Å²) in [7, 11) is 0. The monoisotopic (exact) mass is 386 g/mol. The normalized spacial score (nSPS) is 12.2. The smallest absolute Gasteiger partial charge is 0.258 e. The van der Waals surface area contributed by atoms with Crippen molar-refractivity contribution in [3.63, 3.8) is 0 Å². The molecule has 5 rings (SSSR count). The van der Waals surface area contributed by atoms with E-state index < -0.39 is 0 Å². The van der Waals surface area contributed by atoms with Crippen LogP contribution in [0.2, 0.25) is 0 Å². The second-order valence-electron chi connectivity index (χ2n) is 6.80. The van der Waals surface area contributed by atoms with Gasteiger partial charge in [0.05, 0.1) is 0 Å². The molecule has 0 aliphatic carbocycles. The minimum absolute atomic E-state index is 0.225. The zero-order valence-corrected chi connectivity index (χ0v) is 15.8. The fraction of sp³-hybridized carbons (Fsp3) is 0.130. The van der Waals surface area contributed by atoms with Gasteiger partial charge in [0.25, 0.3) is 5.89 Å². The van der Waals surface area contributed by atoms with Crippen LogP contribution in [0.3, 0.4) is 0 Å². The van der Waals surface area contributed by atoms with Crippen LogP contribution in [0.25, 0.3) is 22.8 Å². The van der Waals surface area contributed by atoms with Crippen molar-refractivity contribution in [2.24, 2.45) is 0 Å². The minimum Gasteiger partial charge on any atom is -0.489 e. The molecule has 144 valence electrons. The fourth-order valence-corrected chi connectivity index (χ4v) is 3.18. The van der Waals surface area contributed by atoms with E-state index in [1.54, 1.807) is 0 Å². The lowest BCUT2D eigenvalue weighted by atomic mass is 10.1. The van der Waals surface area contributed by atoms with E-state index in [4.69, 9.17) is 18.7 Å². The van der Waals surface area contributed by atoms with Crippen LogP contribution in [0.4, 0.5) is 0 Å². The Morgan fingerprint density at radius 1 is 0.897 bits per heavy atom. The molecule has 1 aromatic heterocycles. The van der Waals surface area contributed by atoms with Gasteiger partial charge in [-0.2, -0.15) is 4.98 Å².